The predicted octanol–water partition coefficient (Wildman–Crippen LogP) is 3.95. The zero-order chi connectivity index (χ0) is 12.8. The number of anilines is 1. The number of rotatable bonds is 6. The monoisotopic (exact) mass is 261 g/mol. The summed E-state index contributed by atoms with van der Waals surface area (Å²) >= 11 is 1.82. The first-order chi connectivity index (χ1) is 8.85. The van der Waals surface area contributed by atoms with Crippen molar-refractivity contribution >= 4 is 28.6 Å². The van der Waals surface area contributed by atoms with Gasteiger partial charge in [-0.1, -0.05) is 31.5 Å². The second kappa shape index (κ2) is 6.59. The topological polar surface area (TPSA) is 37.8 Å². The van der Waals surface area contributed by atoms with Crippen molar-refractivity contribution in [3.8, 4) is 0 Å². The van der Waals surface area contributed by atoms with Crippen LogP contribution in [0.4, 0.5) is 5.95 Å². The number of nitrogens with zero attached hydrogens (tertiary/aromatic N) is 2. The van der Waals surface area contributed by atoms with Gasteiger partial charge in [-0.15, -0.1) is 11.8 Å². The van der Waals surface area contributed by atoms with Crippen LogP contribution in [0.3, 0.4) is 0 Å². The number of thioether (sulfide) groups is 1. The van der Waals surface area contributed by atoms with Gasteiger partial charge in [0, 0.05) is 11.9 Å². The van der Waals surface area contributed by atoms with Gasteiger partial charge in [0.25, 0.3) is 0 Å². The molecule has 0 aliphatic carbocycles. The molecule has 0 fully saturated rings. The summed E-state index contributed by atoms with van der Waals surface area (Å²) in [6, 6.07) is 8.20. The average molecular weight is 261 g/mol. The lowest BCUT2D eigenvalue weighted by Gasteiger charge is -2.08. The summed E-state index contributed by atoms with van der Waals surface area (Å²) < 4.78 is 0. The van der Waals surface area contributed by atoms with Crippen molar-refractivity contribution in [2.24, 2.45) is 0 Å². The highest BCUT2D eigenvalue weighted by Crippen LogP contribution is 2.27. The molecule has 2 aromatic rings. The summed E-state index contributed by atoms with van der Waals surface area (Å²) in [5.74, 6) is 1.85. The molecule has 1 N–H and O–H groups in total. The summed E-state index contributed by atoms with van der Waals surface area (Å²) in [6.45, 7) is 5.11. The summed E-state index contributed by atoms with van der Waals surface area (Å²) in [4.78, 5) is 9.12. The van der Waals surface area contributed by atoms with Crippen LogP contribution in [0.25, 0.3) is 10.9 Å². The Morgan fingerprint density at radius 2 is 2.00 bits per heavy atom. The molecule has 0 saturated heterocycles. The fraction of sp³-hybridized carbons (Fsp3) is 0.429. The molecule has 0 bridgehead atoms. The third-order valence-electron chi connectivity index (χ3n) is 2.64. The summed E-state index contributed by atoms with van der Waals surface area (Å²) in [5.41, 5.74) is 1.02. The van der Waals surface area contributed by atoms with Gasteiger partial charge >= 0.3 is 0 Å². The zero-order valence-corrected chi connectivity index (χ0v) is 11.8. The van der Waals surface area contributed by atoms with Gasteiger partial charge in [-0.3, -0.25) is 0 Å². The maximum Gasteiger partial charge on any atom is 0.224 e. The van der Waals surface area contributed by atoms with Gasteiger partial charge in [-0.05, 0) is 25.2 Å². The van der Waals surface area contributed by atoms with Crippen LogP contribution in [0, 0.1) is 0 Å². The molecule has 1 heterocycles. The highest BCUT2D eigenvalue weighted by molar-refractivity contribution is 7.99. The van der Waals surface area contributed by atoms with E-state index in [0.29, 0.717) is 0 Å². The van der Waals surface area contributed by atoms with Crippen LogP contribution in [-0.2, 0) is 0 Å². The standard InChI is InChI=1S/C14H19N3S/c1-3-5-10-18-13-11-8-6-7-9-12(11)16-14(17-13)15-4-2/h6-9H,3-5,10H2,1-2H3,(H,15,16,17). The predicted molar refractivity (Wildman–Crippen MR) is 79.3 cm³/mol. The normalized spacial score (nSPS) is 10.8. The Bertz CT molecular complexity index is 513. The molecule has 0 aliphatic rings. The fourth-order valence-electron chi connectivity index (χ4n) is 1.71. The van der Waals surface area contributed by atoms with Gasteiger partial charge < -0.3 is 5.32 Å². The molecule has 3 nitrogen and oxygen atoms in total. The summed E-state index contributed by atoms with van der Waals surface area (Å²) in [6.07, 6.45) is 2.44. The SMILES string of the molecule is CCCCSc1nc(NCC)nc2ccccc12. The minimum atomic E-state index is 0.732. The molecule has 1 aromatic heterocycles. The molecule has 96 valence electrons. The molecule has 4 heteroatoms. The first kappa shape index (κ1) is 13.1. The van der Waals surface area contributed by atoms with E-state index in [2.05, 4.69) is 35.2 Å². The van der Waals surface area contributed by atoms with E-state index in [-0.39, 0.29) is 0 Å². The molecule has 0 amide bonds. The van der Waals surface area contributed by atoms with Crippen LogP contribution in [0.2, 0.25) is 0 Å². The third kappa shape index (κ3) is 3.13. The van der Waals surface area contributed by atoms with Crippen LogP contribution in [-0.4, -0.2) is 22.3 Å². The number of fused-ring (bicyclic) bond motifs is 1. The molecule has 0 saturated carbocycles. The molecule has 1 aromatic carbocycles. The molecule has 2 rings (SSSR count). The Hall–Kier alpha value is -1.29. The van der Waals surface area contributed by atoms with E-state index in [1.807, 2.05) is 30.0 Å². The Labute approximate surface area is 112 Å². The number of hydrogen-bond donors (Lipinski definition) is 1. The lowest BCUT2D eigenvalue weighted by atomic mass is 10.2. The van der Waals surface area contributed by atoms with Crippen molar-refractivity contribution in [2.45, 2.75) is 31.7 Å². The molecular formula is C14H19N3S. The number of aromatic nitrogens is 2. The number of nitrogens with one attached hydrogen (secondary N) is 1. The Morgan fingerprint density at radius 3 is 2.78 bits per heavy atom. The zero-order valence-electron chi connectivity index (χ0n) is 10.9. The highest BCUT2D eigenvalue weighted by atomic mass is 32.2. The van der Waals surface area contributed by atoms with Crippen molar-refractivity contribution in [1.29, 1.82) is 0 Å². The fourth-order valence-corrected chi connectivity index (χ4v) is 2.81. The number of benzene rings is 1. The van der Waals surface area contributed by atoms with Gasteiger partial charge in [0.15, 0.2) is 0 Å². The quantitative estimate of drug-likeness (QED) is 0.485. The summed E-state index contributed by atoms with van der Waals surface area (Å²) in [5, 5.41) is 5.44. The average Bonchev–Trinajstić information content (AvgIpc) is 2.39. The lowest BCUT2D eigenvalue weighted by Crippen LogP contribution is -2.03. The van der Waals surface area contributed by atoms with Gasteiger partial charge in [0.2, 0.25) is 5.95 Å². The van der Waals surface area contributed by atoms with E-state index in [1.54, 1.807) is 0 Å². The van der Waals surface area contributed by atoms with Gasteiger partial charge in [0.1, 0.15) is 5.03 Å². The van der Waals surface area contributed by atoms with E-state index < -0.39 is 0 Å². The number of para-hydroxylation sites is 1. The molecule has 0 radical (unpaired) electrons. The third-order valence-corrected chi connectivity index (χ3v) is 3.72. The minimum Gasteiger partial charge on any atom is -0.354 e. The van der Waals surface area contributed by atoms with Gasteiger partial charge in [-0.2, -0.15) is 0 Å². The van der Waals surface area contributed by atoms with E-state index in [1.165, 1.54) is 12.8 Å². The molecule has 0 atom stereocenters. The highest BCUT2D eigenvalue weighted by Gasteiger charge is 2.07. The number of unbranched alkanes of at least 4 members (excludes halogenated alkanes) is 1. The lowest BCUT2D eigenvalue weighted by molar-refractivity contribution is 0.894. The van der Waals surface area contributed by atoms with E-state index in [9.17, 15) is 0 Å². The Morgan fingerprint density at radius 1 is 1.17 bits per heavy atom. The van der Waals surface area contributed by atoms with E-state index >= 15 is 0 Å². The Kier molecular flexibility index (Phi) is 4.81. The second-order valence-corrected chi connectivity index (χ2v) is 5.19. The van der Waals surface area contributed by atoms with E-state index in [0.717, 1.165) is 34.2 Å². The first-order valence-electron chi connectivity index (χ1n) is 6.48. The van der Waals surface area contributed by atoms with E-state index in [4.69, 9.17) is 0 Å². The minimum absolute atomic E-state index is 0.732. The molecule has 0 spiro atoms. The van der Waals surface area contributed by atoms with Crippen molar-refractivity contribution in [2.75, 3.05) is 17.6 Å². The molecule has 0 aliphatic heterocycles. The van der Waals surface area contributed by atoms with Crippen LogP contribution in [0.5, 0.6) is 0 Å². The van der Waals surface area contributed by atoms with Crippen LogP contribution in [0.1, 0.15) is 26.7 Å². The van der Waals surface area contributed by atoms with Crippen molar-refractivity contribution < 1.29 is 0 Å². The van der Waals surface area contributed by atoms with Crippen molar-refractivity contribution in [3.05, 3.63) is 24.3 Å². The molecule has 18 heavy (non-hydrogen) atoms. The maximum atomic E-state index is 4.60. The van der Waals surface area contributed by atoms with Crippen molar-refractivity contribution in [3.63, 3.8) is 0 Å². The molecular weight excluding hydrogens is 242 g/mol. The van der Waals surface area contributed by atoms with Crippen LogP contribution < -0.4 is 5.32 Å². The Balaban J connectivity index is 2.34. The van der Waals surface area contributed by atoms with Crippen LogP contribution in [0.15, 0.2) is 29.3 Å². The van der Waals surface area contributed by atoms with Crippen LogP contribution >= 0.6 is 11.8 Å². The number of hydrogen-bond acceptors (Lipinski definition) is 4. The van der Waals surface area contributed by atoms with Gasteiger partial charge in [-0.25, -0.2) is 9.97 Å². The summed E-state index contributed by atoms with van der Waals surface area (Å²) in [7, 11) is 0. The van der Waals surface area contributed by atoms with Gasteiger partial charge in [0.05, 0.1) is 5.52 Å². The largest absolute Gasteiger partial charge is 0.354 e. The smallest absolute Gasteiger partial charge is 0.224 e. The first-order valence-corrected chi connectivity index (χ1v) is 7.47. The second-order valence-electron chi connectivity index (χ2n) is 4.10. The maximum absolute atomic E-state index is 4.60. The molecule has 0 unspecified atom stereocenters. The van der Waals surface area contributed by atoms with Crippen molar-refractivity contribution in [1.82, 2.24) is 9.97 Å².